The Kier molecular flexibility index (Phi) is 9.33. The zero-order valence-electron chi connectivity index (χ0n) is 12.1. The number of aryl methyl sites for hydroxylation is 1. The number of benzene rings is 1. The van der Waals surface area contributed by atoms with Crippen molar-refractivity contribution in [2.75, 3.05) is 26.2 Å². The van der Waals surface area contributed by atoms with Crippen LogP contribution in [0.15, 0.2) is 18.2 Å². The Balaban J connectivity index is 0.000000360. The molecule has 0 atom stereocenters. The maximum absolute atomic E-state index is 9.31. The number of aromatic hydroxyl groups is 1. The van der Waals surface area contributed by atoms with Crippen LogP contribution in [0.2, 0.25) is 0 Å². The molecule has 1 aromatic carbocycles. The molecule has 0 aliphatic rings. The first-order chi connectivity index (χ1) is 8.60. The molecule has 0 aromatic heterocycles. The van der Waals surface area contributed by atoms with Gasteiger partial charge in [0.15, 0.2) is 0 Å². The van der Waals surface area contributed by atoms with Crippen LogP contribution in [0.3, 0.4) is 0 Å². The van der Waals surface area contributed by atoms with E-state index in [1.807, 2.05) is 13.0 Å². The Hall–Kier alpha value is -1.06. The Labute approximate surface area is 111 Å². The van der Waals surface area contributed by atoms with Crippen molar-refractivity contribution in [3.8, 4) is 5.75 Å². The van der Waals surface area contributed by atoms with E-state index in [0.29, 0.717) is 6.42 Å². The molecule has 0 spiro atoms. The van der Waals surface area contributed by atoms with E-state index in [-0.39, 0.29) is 12.4 Å². The molecule has 0 unspecified atom stereocenters. The van der Waals surface area contributed by atoms with Gasteiger partial charge in [-0.15, -0.1) is 0 Å². The smallest absolute Gasteiger partial charge is 0.119 e. The van der Waals surface area contributed by atoms with Gasteiger partial charge in [0, 0.05) is 6.61 Å². The highest BCUT2D eigenvalue weighted by atomic mass is 16.3. The van der Waals surface area contributed by atoms with E-state index in [0.717, 1.165) is 11.1 Å². The van der Waals surface area contributed by atoms with Crippen molar-refractivity contribution in [1.29, 1.82) is 0 Å². The molecule has 0 saturated carbocycles. The summed E-state index contributed by atoms with van der Waals surface area (Å²) in [4.78, 5) is 2.38. The van der Waals surface area contributed by atoms with Gasteiger partial charge in [0.25, 0.3) is 0 Å². The fourth-order valence-electron chi connectivity index (χ4n) is 1.79. The standard InChI is InChI=1S/C9H12O2.C6H15N/c1-7-3-2-4-9(11)8(7)5-6-10;1-4-7(5-2)6-3/h2-4,10-11H,5-6H2,1H3;4-6H2,1-3H3. The second-order valence-corrected chi connectivity index (χ2v) is 4.17. The van der Waals surface area contributed by atoms with Crippen molar-refractivity contribution in [3.63, 3.8) is 0 Å². The third-order valence-electron chi connectivity index (χ3n) is 3.09. The molecule has 0 aliphatic heterocycles. The Morgan fingerprint density at radius 2 is 1.61 bits per heavy atom. The van der Waals surface area contributed by atoms with Crippen LogP contribution < -0.4 is 0 Å². The molecule has 0 saturated heterocycles. The van der Waals surface area contributed by atoms with Crippen molar-refractivity contribution < 1.29 is 10.2 Å². The minimum absolute atomic E-state index is 0.0818. The van der Waals surface area contributed by atoms with Crippen molar-refractivity contribution in [3.05, 3.63) is 29.3 Å². The molecule has 0 amide bonds. The molecule has 0 fully saturated rings. The van der Waals surface area contributed by atoms with Gasteiger partial charge in [-0.25, -0.2) is 0 Å². The molecule has 104 valence electrons. The van der Waals surface area contributed by atoms with Crippen LogP contribution in [0.1, 0.15) is 31.9 Å². The molecule has 3 heteroatoms. The third kappa shape index (κ3) is 6.03. The second kappa shape index (κ2) is 9.92. The van der Waals surface area contributed by atoms with Gasteiger partial charge in [-0.2, -0.15) is 0 Å². The van der Waals surface area contributed by atoms with Gasteiger partial charge >= 0.3 is 0 Å². The van der Waals surface area contributed by atoms with Gasteiger partial charge in [0.1, 0.15) is 5.75 Å². The molecular formula is C15H27NO2. The van der Waals surface area contributed by atoms with E-state index in [2.05, 4.69) is 25.7 Å². The van der Waals surface area contributed by atoms with E-state index in [1.54, 1.807) is 12.1 Å². The number of aliphatic hydroxyl groups is 1. The molecule has 0 bridgehead atoms. The van der Waals surface area contributed by atoms with Crippen molar-refractivity contribution in [2.45, 2.75) is 34.1 Å². The van der Waals surface area contributed by atoms with Crippen LogP contribution in [0.25, 0.3) is 0 Å². The summed E-state index contributed by atoms with van der Waals surface area (Å²) in [5.74, 6) is 0.277. The normalized spacial score (nSPS) is 10.1. The number of phenols is 1. The van der Waals surface area contributed by atoms with Crippen LogP contribution in [0, 0.1) is 6.92 Å². The monoisotopic (exact) mass is 253 g/mol. The number of rotatable bonds is 5. The van der Waals surface area contributed by atoms with Crippen molar-refractivity contribution in [2.24, 2.45) is 0 Å². The summed E-state index contributed by atoms with van der Waals surface area (Å²) < 4.78 is 0. The van der Waals surface area contributed by atoms with Crippen LogP contribution >= 0.6 is 0 Å². The molecule has 0 radical (unpaired) electrons. The quantitative estimate of drug-likeness (QED) is 0.847. The SMILES string of the molecule is CCN(CC)CC.Cc1cccc(O)c1CCO. The summed E-state index contributed by atoms with van der Waals surface area (Å²) in [5.41, 5.74) is 1.87. The van der Waals surface area contributed by atoms with E-state index >= 15 is 0 Å². The summed E-state index contributed by atoms with van der Waals surface area (Å²) >= 11 is 0. The van der Waals surface area contributed by atoms with Crippen LogP contribution in [-0.4, -0.2) is 41.4 Å². The van der Waals surface area contributed by atoms with E-state index in [1.165, 1.54) is 19.6 Å². The maximum atomic E-state index is 9.31. The first-order valence-corrected chi connectivity index (χ1v) is 6.71. The summed E-state index contributed by atoms with van der Waals surface area (Å²) in [6.45, 7) is 12.1. The lowest BCUT2D eigenvalue weighted by molar-refractivity contribution is 0.297. The highest BCUT2D eigenvalue weighted by Crippen LogP contribution is 2.20. The fourth-order valence-corrected chi connectivity index (χ4v) is 1.79. The summed E-state index contributed by atoms with van der Waals surface area (Å²) in [6.07, 6.45) is 0.526. The van der Waals surface area contributed by atoms with E-state index in [4.69, 9.17) is 5.11 Å². The zero-order chi connectivity index (χ0) is 14.0. The Bertz CT molecular complexity index is 297. The highest BCUT2D eigenvalue weighted by Gasteiger charge is 2.01. The number of aliphatic hydroxyl groups excluding tert-OH is 1. The molecule has 3 nitrogen and oxygen atoms in total. The minimum atomic E-state index is 0.0818. The first-order valence-electron chi connectivity index (χ1n) is 6.71. The zero-order valence-corrected chi connectivity index (χ0v) is 12.1. The van der Waals surface area contributed by atoms with Crippen LogP contribution in [0.4, 0.5) is 0 Å². The predicted molar refractivity (Wildman–Crippen MR) is 77.1 cm³/mol. The van der Waals surface area contributed by atoms with Gasteiger partial charge in [0.2, 0.25) is 0 Å². The summed E-state index contributed by atoms with van der Waals surface area (Å²) in [7, 11) is 0. The maximum Gasteiger partial charge on any atom is 0.119 e. The van der Waals surface area contributed by atoms with Crippen molar-refractivity contribution in [1.82, 2.24) is 4.90 Å². The average molecular weight is 253 g/mol. The van der Waals surface area contributed by atoms with Crippen LogP contribution in [0.5, 0.6) is 5.75 Å². The highest BCUT2D eigenvalue weighted by molar-refractivity contribution is 5.38. The minimum Gasteiger partial charge on any atom is -0.508 e. The van der Waals surface area contributed by atoms with Gasteiger partial charge < -0.3 is 15.1 Å². The second-order valence-electron chi connectivity index (χ2n) is 4.17. The topological polar surface area (TPSA) is 43.7 Å². The molecule has 2 N–H and O–H groups in total. The molecule has 1 rings (SSSR count). The molecular weight excluding hydrogens is 226 g/mol. The fraction of sp³-hybridized carbons (Fsp3) is 0.600. The Morgan fingerprint density at radius 1 is 1.06 bits per heavy atom. The molecule has 1 aromatic rings. The first kappa shape index (κ1) is 16.9. The number of hydrogen-bond donors (Lipinski definition) is 2. The lowest BCUT2D eigenvalue weighted by Crippen LogP contribution is -2.21. The summed E-state index contributed by atoms with van der Waals surface area (Å²) in [5, 5.41) is 18.0. The molecule has 0 heterocycles. The number of phenolic OH excluding ortho intramolecular Hbond substituents is 1. The van der Waals surface area contributed by atoms with Gasteiger partial charge in [0.05, 0.1) is 0 Å². The van der Waals surface area contributed by atoms with Gasteiger partial charge in [-0.3, -0.25) is 0 Å². The number of nitrogens with zero attached hydrogens (tertiary/aromatic N) is 1. The lowest BCUT2D eigenvalue weighted by Gasteiger charge is -2.13. The predicted octanol–water partition coefficient (Wildman–Crippen LogP) is 2.58. The van der Waals surface area contributed by atoms with Crippen molar-refractivity contribution >= 4 is 0 Å². The Morgan fingerprint density at radius 3 is 1.94 bits per heavy atom. The van der Waals surface area contributed by atoms with Gasteiger partial charge in [-0.05, 0) is 50.2 Å². The number of hydrogen-bond acceptors (Lipinski definition) is 3. The van der Waals surface area contributed by atoms with E-state index < -0.39 is 0 Å². The van der Waals surface area contributed by atoms with Gasteiger partial charge in [-0.1, -0.05) is 32.9 Å². The van der Waals surface area contributed by atoms with Crippen LogP contribution in [-0.2, 0) is 6.42 Å². The molecule has 18 heavy (non-hydrogen) atoms. The lowest BCUT2D eigenvalue weighted by atomic mass is 10.1. The largest absolute Gasteiger partial charge is 0.508 e. The average Bonchev–Trinajstić information content (AvgIpc) is 2.37. The van der Waals surface area contributed by atoms with E-state index in [9.17, 15) is 5.11 Å². The summed E-state index contributed by atoms with van der Waals surface area (Å²) in [6, 6.07) is 5.36. The molecule has 0 aliphatic carbocycles. The third-order valence-corrected chi connectivity index (χ3v) is 3.09.